The Morgan fingerprint density at radius 3 is 2.32 bits per heavy atom. The molecular weight excluding hydrogens is 248 g/mol. The van der Waals surface area contributed by atoms with E-state index in [9.17, 15) is 0 Å². The second kappa shape index (κ2) is 4.72. The summed E-state index contributed by atoms with van der Waals surface area (Å²) in [4.78, 5) is 2.88. The van der Waals surface area contributed by atoms with Gasteiger partial charge in [0.2, 0.25) is 0 Å². The van der Waals surface area contributed by atoms with E-state index >= 15 is 0 Å². The van der Waals surface area contributed by atoms with Crippen LogP contribution in [-0.4, -0.2) is 0 Å². The minimum atomic E-state index is 0.199. The molecular formula is C18H20S. The predicted octanol–water partition coefficient (Wildman–Crippen LogP) is 5.57. The normalized spacial score (nSPS) is 15.7. The molecule has 0 radical (unpaired) electrons. The first kappa shape index (κ1) is 12.8. The maximum atomic E-state index is 2.35. The Hall–Kier alpha value is -1.21. The first-order chi connectivity index (χ1) is 9.21. The molecule has 19 heavy (non-hydrogen) atoms. The van der Waals surface area contributed by atoms with Crippen LogP contribution in [0.3, 0.4) is 0 Å². The van der Waals surface area contributed by atoms with Gasteiger partial charge in [-0.05, 0) is 48.6 Å². The van der Waals surface area contributed by atoms with Crippen LogP contribution in [0.1, 0.15) is 43.4 Å². The second-order valence-corrected chi connectivity index (χ2v) is 6.47. The van der Waals surface area contributed by atoms with Gasteiger partial charge in [0, 0.05) is 15.2 Å². The summed E-state index contributed by atoms with van der Waals surface area (Å²) in [6.07, 6.45) is 2.33. The molecule has 0 atom stereocenters. The van der Waals surface area contributed by atoms with Crippen molar-refractivity contribution in [3.63, 3.8) is 0 Å². The Labute approximate surface area is 120 Å². The summed E-state index contributed by atoms with van der Waals surface area (Å²) in [6.45, 7) is 6.82. The van der Waals surface area contributed by atoms with Crippen LogP contribution in [0.5, 0.6) is 0 Å². The molecule has 0 N–H and O–H groups in total. The minimum Gasteiger partial charge on any atom is -0.0894 e. The van der Waals surface area contributed by atoms with Crippen LogP contribution >= 0.6 is 11.8 Å². The fourth-order valence-electron chi connectivity index (χ4n) is 3.34. The standard InChI is InChI=1S/C18H20S/c1-4-18(5-2)14-8-6-7-9-16(14)19-17-12-13(3)10-11-15(17)18/h6-12H,4-5H2,1-3H3. The summed E-state index contributed by atoms with van der Waals surface area (Å²) in [5, 5.41) is 0. The molecule has 0 spiro atoms. The Kier molecular flexibility index (Phi) is 3.18. The van der Waals surface area contributed by atoms with Crippen molar-refractivity contribution in [2.75, 3.05) is 0 Å². The van der Waals surface area contributed by atoms with Gasteiger partial charge in [0.15, 0.2) is 0 Å². The minimum absolute atomic E-state index is 0.199. The zero-order chi connectivity index (χ0) is 13.5. The van der Waals surface area contributed by atoms with Gasteiger partial charge in [-0.3, -0.25) is 0 Å². The van der Waals surface area contributed by atoms with Crippen molar-refractivity contribution < 1.29 is 0 Å². The van der Waals surface area contributed by atoms with E-state index in [0.717, 1.165) is 12.8 Å². The van der Waals surface area contributed by atoms with Gasteiger partial charge < -0.3 is 0 Å². The lowest BCUT2D eigenvalue weighted by molar-refractivity contribution is 0.458. The van der Waals surface area contributed by atoms with Gasteiger partial charge in [-0.1, -0.05) is 55.9 Å². The number of fused-ring (bicyclic) bond motifs is 2. The lowest BCUT2D eigenvalue weighted by atomic mass is 9.70. The van der Waals surface area contributed by atoms with Gasteiger partial charge in [-0.15, -0.1) is 0 Å². The van der Waals surface area contributed by atoms with Crippen molar-refractivity contribution in [2.24, 2.45) is 0 Å². The SMILES string of the molecule is CCC1(CC)c2ccccc2Sc2cc(C)ccc21. The molecule has 2 aromatic rings. The van der Waals surface area contributed by atoms with Crippen molar-refractivity contribution in [1.82, 2.24) is 0 Å². The molecule has 0 amide bonds. The van der Waals surface area contributed by atoms with Gasteiger partial charge in [0.25, 0.3) is 0 Å². The molecule has 0 aliphatic carbocycles. The number of benzene rings is 2. The highest BCUT2D eigenvalue weighted by Gasteiger charge is 2.37. The van der Waals surface area contributed by atoms with Crippen molar-refractivity contribution in [3.05, 3.63) is 59.2 Å². The summed E-state index contributed by atoms with van der Waals surface area (Å²) < 4.78 is 0. The predicted molar refractivity (Wildman–Crippen MR) is 83.1 cm³/mol. The summed E-state index contributed by atoms with van der Waals surface area (Å²) >= 11 is 1.93. The molecule has 1 aliphatic heterocycles. The highest BCUT2D eigenvalue weighted by Crippen LogP contribution is 2.52. The Morgan fingerprint density at radius 1 is 0.895 bits per heavy atom. The monoisotopic (exact) mass is 268 g/mol. The third-order valence-electron chi connectivity index (χ3n) is 4.48. The molecule has 0 nitrogen and oxygen atoms in total. The average molecular weight is 268 g/mol. The molecule has 0 aromatic heterocycles. The molecule has 3 rings (SSSR count). The first-order valence-corrected chi connectivity index (χ1v) is 7.91. The van der Waals surface area contributed by atoms with Crippen LogP contribution in [0.15, 0.2) is 52.3 Å². The zero-order valence-corrected chi connectivity index (χ0v) is 12.7. The van der Waals surface area contributed by atoms with Crippen LogP contribution in [0.2, 0.25) is 0 Å². The third-order valence-corrected chi connectivity index (χ3v) is 5.62. The van der Waals surface area contributed by atoms with Crippen molar-refractivity contribution >= 4 is 11.8 Å². The smallest absolute Gasteiger partial charge is 0.0220 e. The lowest BCUT2D eigenvalue weighted by Gasteiger charge is -2.39. The first-order valence-electron chi connectivity index (χ1n) is 7.09. The molecule has 98 valence electrons. The molecule has 1 heterocycles. The van der Waals surface area contributed by atoms with Crippen LogP contribution < -0.4 is 0 Å². The molecule has 0 saturated carbocycles. The molecule has 1 heteroatoms. The van der Waals surface area contributed by atoms with Gasteiger partial charge >= 0.3 is 0 Å². The van der Waals surface area contributed by atoms with E-state index in [-0.39, 0.29) is 5.41 Å². The quantitative estimate of drug-likeness (QED) is 0.686. The van der Waals surface area contributed by atoms with E-state index in [1.807, 2.05) is 11.8 Å². The number of hydrogen-bond donors (Lipinski definition) is 0. The van der Waals surface area contributed by atoms with Crippen LogP contribution in [0.4, 0.5) is 0 Å². The van der Waals surface area contributed by atoms with Crippen LogP contribution in [0.25, 0.3) is 0 Å². The van der Waals surface area contributed by atoms with Crippen molar-refractivity contribution in [3.8, 4) is 0 Å². The van der Waals surface area contributed by atoms with E-state index < -0.39 is 0 Å². The number of hydrogen-bond acceptors (Lipinski definition) is 1. The van der Waals surface area contributed by atoms with Gasteiger partial charge in [-0.25, -0.2) is 0 Å². The molecule has 0 bridgehead atoms. The molecule has 0 unspecified atom stereocenters. The zero-order valence-electron chi connectivity index (χ0n) is 11.9. The fourth-order valence-corrected chi connectivity index (χ4v) is 4.71. The molecule has 0 fully saturated rings. The molecule has 1 aliphatic rings. The summed E-state index contributed by atoms with van der Waals surface area (Å²) in [6, 6.07) is 15.9. The number of rotatable bonds is 2. The Morgan fingerprint density at radius 2 is 1.58 bits per heavy atom. The topological polar surface area (TPSA) is 0 Å². The van der Waals surface area contributed by atoms with Gasteiger partial charge in [0.1, 0.15) is 0 Å². The van der Waals surface area contributed by atoms with E-state index in [1.54, 1.807) is 0 Å². The Bertz CT molecular complexity index is 609. The fraction of sp³-hybridized carbons (Fsp3) is 0.333. The highest BCUT2D eigenvalue weighted by molar-refractivity contribution is 7.99. The van der Waals surface area contributed by atoms with E-state index in [0.29, 0.717) is 0 Å². The lowest BCUT2D eigenvalue weighted by Crippen LogP contribution is -2.29. The van der Waals surface area contributed by atoms with Gasteiger partial charge in [0.05, 0.1) is 0 Å². The average Bonchev–Trinajstić information content (AvgIpc) is 2.44. The van der Waals surface area contributed by atoms with E-state index in [1.165, 1.54) is 26.5 Å². The van der Waals surface area contributed by atoms with Crippen LogP contribution in [0, 0.1) is 6.92 Å². The highest BCUT2D eigenvalue weighted by atomic mass is 32.2. The molecule has 2 aromatic carbocycles. The number of aryl methyl sites for hydroxylation is 1. The van der Waals surface area contributed by atoms with Gasteiger partial charge in [-0.2, -0.15) is 0 Å². The summed E-state index contributed by atoms with van der Waals surface area (Å²) in [5.74, 6) is 0. The van der Waals surface area contributed by atoms with E-state index in [2.05, 4.69) is 63.2 Å². The second-order valence-electron chi connectivity index (χ2n) is 5.39. The summed E-state index contributed by atoms with van der Waals surface area (Å²) in [5.41, 5.74) is 4.59. The maximum Gasteiger partial charge on any atom is 0.0220 e. The maximum absolute atomic E-state index is 2.35. The summed E-state index contributed by atoms with van der Waals surface area (Å²) in [7, 11) is 0. The Balaban J connectivity index is 2.30. The van der Waals surface area contributed by atoms with Crippen molar-refractivity contribution in [1.29, 1.82) is 0 Å². The van der Waals surface area contributed by atoms with E-state index in [4.69, 9.17) is 0 Å². The largest absolute Gasteiger partial charge is 0.0894 e. The van der Waals surface area contributed by atoms with Crippen LogP contribution in [-0.2, 0) is 5.41 Å². The molecule has 0 saturated heterocycles. The van der Waals surface area contributed by atoms with Crippen molar-refractivity contribution in [2.45, 2.75) is 48.8 Å². The third kappa shape index (κ3) is 1.83.